The van der Waals surface area contributed by atoms with E-state index in [-0.39, 0.29) is 0 Å². The van der Waals surface area contributed by atoms with Crippen LogP contribution in [-0.2, 0) is 0 Å². The molecule has 0 amide bonds. The van der Waals surface area contributed by atoms with Crippen molar-refractivity contribution in [3.05, 3.63) is 85.0 Å². The van der Waals surface area contributed by atoms with E-state index in [4.69, 9.17) is 5.10 Å². The Labute approximate surface area is 242 Å². The highest BCUT2D eigenvalue weighted by molar-refractivity contribution is 5.95. The topological polar surface area (TPSA) is 84.7 Å². The molecule has 6 rings (SSSR count). The minimum atomic E-state index is 0.689. The van der Waals surface area contributed by atoms with E-state index >= 15 is 0 Å². The van der Waals surface area contributed by atoms with E-state index in [2.05, 4.69) is 87.1 Å². The number of fused-ring (bicyclic) bond motifs is 1. The zero-order chi connectivity index (χ0) is 28.2. The quantitative estimate of drug-likeness (QED) is 0.166. The molecule has 0 atom stereocenters. The molecule has 3 aromatic heterocycles. The molecule has 5 heterocycles. The van der Waals surface area contributed by atoms with Gasteiger partial charge in [-0.05, 0) is 100 Å². The van der Waals surface area contributed by atoms with Gasteiger partial charge in [0.05, 0.1) is 23.1 Å². The fourth-order valence-electron chi connectivity index (χ4n) is 6.32. The molecular formula is C34H41N7. The van der Waals surface area contributed by atoms with Crippen LogP contribution in [0.5, 0.6) is 0 Å². The van der Waals surface area contributed by atoms with Crippen molar-refractivity contribution >= 4 is 22.3 Å². The number of nitrogens with one attached hydrogen (secondary N) is 4. The average molecular weight is 548 g/mol. The summed E-state index contributed by atoms with van der Waals surface area (Å²) >= 11 is 0. The van der Waals surface area contributed by atoms with Crippen LogP contribution in [0.15, 0.2) is 73.7 Å². The van der Waals surface area contributed by atoms with Crippen LogP contribution in [0.25, 0.3) is 39.1 Å². The molecular weight excluding hydrogens is 506 g/mol. The minimum absolute atomic E-state index is 0.689. The lowest BCUT2D eigenvalue weighted by molar-refractivity contribution is 0.326. The molecule has 0 radical (unpaired) electrons. The summed E-state index contributed by atoms with van der Waals surface area (Å²) < 4.78 is 0. The van der Waals surface area contributed by atoms with Crippen molar-refractivity contribution in [3.8, 4) is 22.5 Å². The Bertz CT molecular complexity index is 1560. The van der Waals surface area contributed by atoms with Gasteiger partial charge in [-0.15, -0.1) is 0 Å². The van der Waals surface area contributed by atoms with E-state index in [1.165, 1.54) is 43.4 Å². The normalized spacial score (nSPS) is 16.7. The van der Waals surface area contributed by atoms with Crippen LogP contribution in [0, 0.1) is 12.8 Å². The van der Waals surface area contributed by atoms with Gasteiger partial charge in [0, 0.05) is 52.9 Å². The van der Waals surface area contributed by atoms with Gasteiger partial charge >= 0.3 is 0 Å². The van der Waals surface area contributed by atoms with Gasteiger partial charge in [0.1, 0.15) is 5.69 Å². The molecule has 0 saturated carbocycles. The average Bonchev–Trinajstić information content (AvgIpc) is 3.59. The maximum Gasteiger partial charge on any atom is 0.116 e. The number of hydrogen-bond acceptors (Lipinski definition) is 5. The smallest absolute Gasteiger partial charge is 0.116 e. The summed E-state index contributed by atoms with van der Waals surface area (Å²) in [6.07, 6.45) is 15.0. The fraction of sp³-hybridized carbons (Fsp3) is 0.353. The van der Waals surface area contributed by atoms with E-state index in [9.17, 15) is 0 Å². The molecule has 1 aromatic carbocycles. The third kappa shape index (κ3) is 6.00. The second-order valence-electron chi connectivity index (χ2n) is 11.5. The van der Waals surface area contributed by atoms with Crippen molar-refractivity contribution < 1.29 is 0 Å². The Morgan fingerprint density at radius 1 is 1.07 bits per heavy atom. The van der Waals surface area contributed by atoms with E-state index in [1.54, 1.807) is 0 Å². The van der Waals surface area contributed by atoms with Crippen molar-refractivity contribution in [2.75, 3.05) is 31.5 Å². The highest BCUT2D eigenvalue weighted by atomic mass is 15.1. The largest absolute Gasteiger partial charge is 0.371 e. The Hall–Kier alpha value is -4.10. The number of benzene rings is 1. The van der Waals surface area contributed by atoms with E-state index in [1.807, 2.05) is 18.5 Å². The summed E-state index contributed by atoms with van der Waals surface area (Å²) in [5, 5.41) is 16.0. The number of likely N-dealkylation sites (tertiary alicyclic amines) is 1. The van der Waals surface area contributed by atoms with Gasteiger partial charge in [-0.25, -0.2) is 0 Å². The van der Waals surface area contributed by atoms with Crippen molar-refractivity contribution in [2.45, 2.75) is 45.4 Å². The van der Waals surface area contributed by atoms with Crippen molar-refractivity contribution in [2.24, 2.45) is 5.92 Å². The van der Waals surface area contributed by atoms with Gasteiger partial charge in [-0.3, -0.25) is 10.1 Å². The van der Waals surface area contributed by atoms with Crippen molar-refractivity contribution in [3.63, 3.8) is 0 Å². The van der Waals surface area contributed by atoms with Crippen LogP contribution in [0.4, 0.5) is 5.69 Å². The molecule has 0 spiro atoms. The number of hydrogen-bond donors (Lipinski definition) is 4. The maximum atomic E-state index is 4.73. The Balaban J connectivity index is 1.26. The Morgan fingerprint density at radius 2 is 1.90 bits per heavy atom. The van der Waals surface area contributed by atoms with Gasteiger partial charge in [0.25, 0.3) is 0 Å². The molecule has 0 unspecified atom stereocenters. The van der Waals surface area contributed by atoms with E-state index < -0.39 is 0 Å². The molecule has 2 fully saturated rings. The van der Waals surface area contributed by atoms with Crippen LogP contribution in [0.1, 0.15) is 49.8 Å². The number of aryl methyl sites for hydroxylation is 1. The lowest BCUT2D eigenvalue weighted by Crippen LogP contribution is -2.28. The van der Waals surface area contributed by atoms with E-state index in [0.717, 1.165) is 83.1 Å². The first-order valence-corrected chi connectivity index (χ1v) is 15.0. The zero-order valence-corrected chi connectivity index (χ0v) is 24.1. The summed E-state index contributed by atoms with van der Waals surface area (Å²) in [5.74, 6) is 0.689. The summed E-state index contributed by atoms with van der Waals surface area (Å²) in [7, 11) is 0. The van der Waals surface area contributed by atoms with E-state index in [0.29, 0.717) is 5.92 Å². The molecule has 2 aliphatic rings. The maximum absolute atomic E-state index is 4.73. The van der Waals surface area contributed by atoms with Gasteiger partial charge in [-0.2, -0.15) is 5.10 Å². The van der Waals surface area contributed by atoms with Crippen LogP contribution in [0.2, 0.25) is 0 Å². The number of pyridine rings is 1. The second kappa shape index (κ2) is 12.2. The standard InChI is InChI=1S/C34H41N7/c1-4-8-33(41-15-6-5-7-16-41)29-20-32(38-24(29)3)34-30-19-26(9-10-31(30)39-40-34)27-18-28(22-36-21-27)37-23(2)17-25-11-13-35-14-12-25/h4,8-10,18-22,25,35,37-38H,1-2,5-7,11-17H2,3H3,(H,39,40)/b33-8+. The first-order valence-electron chi connectivity index (χ1n) is 15.0. The van der Waals surface area contributed by atoms with Crippen LogP contribution >= 0.6 is 0 Å². The van der Waals surface area contributed by atoms with Gasteiger partial charge < -0.3 is 20.5 Å². The van der Waals surface area contributed by atoms with Crippen molar-refractivity contribution in [1.29, 1.82) is 0 Å². The third-order valence-electron chi connectivity index (χ3n) is 8.47. The first-order chi connectivity index (χ1) is 20.1. The SMILES string of the molecule is C=C/C=C(\c1cc(-c2n[nH]c3ccc(-c4cncc(NC(=C)CC5CCNCC5)c4)cc23)[nH]c1C)N1CCCCC1. The highest BCUT2D eigenvalue weighted by Gasteiger charge is 2.20. The number of H-pyrrole nitrogens is 2. The molecule has 212 valence electrons. The number of aromatic amines is 2. The molecule has 4 N–H and O–H groups in total. The molecule has 4 aromatic rings. The van der Waals surface area contributed by atoms with Gasteiger partial charge in [-0.1, -0.05) is 25.3 Å². The van der Waals surface area contributed by atoms with Gasteiger partial charge in [0.2, 0.25) is 0 Å². The summed E-state index contributed by atoms with van der Waals surface area (Å²) in [6.45, 7) is 14.8. The van der Waals surface area contributed by atoms with Gasteiger partial charge in [0.15, 0.2) is 0 Å². The molecule has 0 aliphatic carbocycles. The zero-order valence-electron chi connectivity index (χ0n) is 24.1. The van der Waals surface area contributed by atoms with Crippen LogP contribution < -0.4 is 10.6 Å². The number of aromatic nitrogens is 4. The number of anilines is 1. The molecule has 2 aliphatic heterocycles. The molecule has 2 saturated heterocycles. The first kappa shape index (κ1) is 27.1. The fourth-order valence-corrected chi connectivity index (χ4v) is 6.32. The molecule has 7 heteroatoms. The molecule has 0 bridgehead atoms. The predicted molar refractivity (Wildman–Crippen MR) is 170 cm³/mol. The lowest BCUT2D eigenvalue weighted by Gasteiger charge is -2.31. The molecule has 7 nitrogen and oxygen atoms in total. The number of nitrogens with zero attached hydrogens (tertiary/aromatic N) is 3. The summed E-state index contributed by atoms with van der Waals surface area (Å²) in [5.41, 5.74) is 10.7. The third-order valence-corrected chi connectivity index (χ3v) is 8.47. The number of piperidine rings is 2. The molecule has 41 heavy (non-hydrogen) atoms. The summed E-state index contributed by atoms with van der Waals surface area (Å²) in [6, 6.07) is 10.8. The number of rotatable bonds is 9. The second-order valence-corrected chi connectivity index (χ2v) is 11.5. The monoisotopic (exact) mass is 547 g/mol. The number of allylic oxidation sites excluding steroid dienone is 3. The van der Waals surface area contributed by atoms with Crippen LogP contribution in [-0.4, -0.2) is 51.2 Å². The lowest BCUT2D eigenvalue weighted by atomic mass is 9.93. The Morgan fingerprint density at radius 3 is 2.71 bits per heavy atom. The minimum Gasteiger partial charge on any atom is -0.371 e. The highest BCUT2D eigenvalue weighted by Crippen LogP contribution is 2.34. The Kier molecular flexibility index (Phi) is 8.05. The predicted octanol–water partition coefficient (Wildman–Crippen LogP) is 7.26. The summed E-state index contributed by atoms with van der Waals surface area (Å²) in [4.78, 5) is 10.7. The van der Waals surface area contributed by atoms with Crippen molar-refractivity contribution in [1.82, 2.24) is 30.4 Å². The van der Waals surface area contributed by atoms with Crippen LogP contribution in [0.3, 0.4) is 0 Å².